The normalized spacial score (nSPS) is 23.4. The molecule has 1 aliphatic rings. The van der Waals surface area contributed by atoms with Crippen molar-refractivity contribution in [3.05, 3.63) is 29.3 Å². The summed E-state index contributed by atoms with van der Waals surface area (Å²) < 4.78 is 31.0. The highest BCUT2D eigenvalue weighted by atomic mass is 19.2. The Morgan fingerprint density at radius 3 is 2.80 bits per heavy atom. The van der Waals surface area contributed by atoms with E-state index >= 15 is 0 Å². The Kier molecular flexibility index (Phi) is 1.92. The zero-order chi connectivity index (χ0) is 11.2. The van der Waals surface area contributed by atoms with Gasteiger partial charge in [-0.3, -0.25) is 0 Å². The zero-order valence-electron chi connectivity index (χ0n) is 7.88. The van der Waals surface area contributed by atoms with E-state index in [0.29, 0.717) is 5.56 Å². The number of carbonyl (C=O) groups is 1. The minimum absolute atomic E-state index is 0.0366. The number of carboxylic acid groups (broad SMARTS) is 1. The lowest BCUT2D eigenvalue weighted by Gasteiger charge is -2.17. The SMILES string of the molecule is CC1(C(=O)O)Cc2ccc(F)c(F)c2O1. The molecule has 0 saturated heterocycles. The van der Waals surface area contributed by atoms with Gasteiger partial charge < -0.3 is 9.84 Å². The molecule has 0 aliphatic carbocycles. The van der Waals surface area contributed by atoms with Crippen molar-refractivity contribution >= 4 is 5.97 Å². The van der Waals surface area contributed by atoms with Gasteiger partial charge in [0, 0.05) is 12.0 Å². The third-order valence-corrected chi connectivity index (χ3v) is 2.44. The predicted octanol–water partition coefficient (Wildman–Crippen LogP) is 1.74. The van der Waals surface area contributed by atoms with Crippen LogP contribution in [0.1, 0.15) is 12.5 Å². The van der Waals surface area contributed by atoms with E-state index in [1.807, 2.05) is 0 Å². The number of hydrogen-bond donors (Lipinski definition) is 1. The summed E-state index contributed by atoms with van der Waals surface area (Å²) in [5.41, 5.74) is -1.13. The number of hydrogen-bond acceptors (Lipinski definition) is 2. The van der Waals surface area contributed by atoms with Crippen LogP contribution in [0.2, 0.25) is 0 Å². The quantitative estimate of drug-likeness (QED) is 0.774. The van der Waals surface area contributed by atoms with Crippen molar-refractivity contribution < 1.29 is 23.4 Å². The highest BCUT2D eigenvalue weighted by molar-refractivity contribution is 5.79. The van der Waals surface area contributed by atoms with Crippen LogP contribution >= 0.6 is 0 Å². The van der Waals surface area contributed by atoms with Crippen molar-refractivity contribution in [3.63, 3.8) is 0 Å². The van der Waals surface area contributed by atoms with E-state index in [1.54, 1.807) is 0 Å². The second-order valence-electron chi connectivity index (χ2n) is 3.66. The maximum Gasteiger partial charge on any atom is 0.348 e. The number of carboxylic acids is 1. The van der Waals surface area contributed by atoms with Gasteiger partial charge in [0.05, 0.1) is 0 Å². The van der Waals surface area contributed by atoms with Gasteiger partial charge in [-0.1, -0.05) is 6.07 Å². The number of aliphatic carboxylic acids is 1. The Morgan fingerprint density at radius 2 is 2.20 bits per heavy atom. The Hall–Kier alpha value is -1.65. The first-order chi connectivity index (χ1) is 6.94. The molecule has 0 fully saturated rings. The van der Waals surface area contributed by atoms with Crippen LogP contribution in [-0.2, 0) is 11.2 Å². The van der Waals surface area contributed by atoms with Gasteiger partial charge in [-0.25, -0.2) is 9.18 Å². The summed E-state index contributed by atoms with van der Waals surface area (Å²) in [5.74, 6) is -3.65. The maximum absolute atomic E-state index is 13.2. The van der Waals surface area contributed by atoms with Gasteiger partial charge >= 0.3 is 5.97 Å². The molecule has 0 amide bonds. The van der Waals surface area contributed by atoms with Gasteiger partial charge in [-0.2, -0.15) is 4.39 Å². The Labute approximate surface area is 84.3 Å². The summed E-state index contributed by atoms with van der Waals surface area (Å²) in [7, 11) is 0. The van der Waals surface area contributed by atoms with Crippen LogP contribution in [0, 0.1) is 11.6 Å². The fourth-order valence-electron chi connectivity index (χ4n) is 1.57. The standard InChI is InChI=1S/C10H8F2O3/c1-10(9(13)14)4-5-2-3-6(11)7(12)8(5)15-10/h2-3H,4H2,1H3,(H,13,14). The van der Waals surface area contributed by atoms with E-state index in [2.05, 4.69) is 0 Å². The maximum atomic E-state index is 13.2. The zero-order valence-corrected chi connectivity index (χ0v) is 7.88. The van der Waals surface area contributed by atoms with E-state index in [4.69, 9.17) is 9.84 Å². The molecule has 0 saturated carbocycles. The summed E-state index contributed by atoms with van der Waals surface area (Å²) in [5, 5.41) is 8.86. The van der Waals surface area contributed by atoms with Crippen LogP contribution in [0.4, 0.5) is 8.78 Å². The summed E-state index contributed by atoms with van der Waals surface area (Å²) in [6.45, 7) is 1.33. The lowest BCUT2D eigenvalue weighted by Crippen LogP contribution is -2.39. The predicted molar refractivity (Wildman–Crippen MR) is 46.7 cm³/mol. The number of ether oxygens (including phenoxy) is 1. The molecule has 1 unspecified atom stereocenters. The highest BCUT2D eigenvalue weighted by Gasteiger charge is 2.43. The highest BCUT2D eigenvalue weighted by Crippen LogP contribution is 2.37. The Bertz CT molecular complexity index is 445. The number of fused-ring (bicyclic) bond motifs is 1. The molecular formula is C10H8F2O3. The van der Waals surface area contributed by atoms with E-state index in [1.165, 1.54) is 13.0 Å². The molecule has 0 spiro atoms. The molecule has 80 valence electrons. The van der Waals surface area contributed by atoms with Gasteiger partial charge in [-0.15, -0.1) is 0 Å². The third-order valence-electron chi connectivity index (χ3n) is 2.44. The molecule has 15 heavy (non-hydrogen) atoms. The minimum atomic E-state index is -1.50. The lowest BCUT2D eigenvalue weighted by atomic mass is 10.00. The van der Waals surface area contributed by atoms with Crippen molar-refractivity contribution in [2.24, 2.45) is 0 Å². The van der Waals surface area contributed by atoms with E-state index < -0.39 is 23.2 Å². The molecule has 1 heterocycles. The average molecular weight is 214 g/mol. The van der Waals surface area contributed by atoms with Crippen LogP contribution in [-0.4, -0.2) is 16.7 Å². The number of rotatable bonds is 1. The van der Waals surface area contributed by atoms with Crippen LogP contribution in [0.15, 0.2) is 12.1 Å². The average Bonchev–Trinajstić information content (AvgIpc) is 2.51. The Morgan fingerprint density at radius 1 is 1.53 bits per heavy atom. The molecule has 3 nitrogen and oxygen atoms in total. The summed E-state index contributed by atoms with van der Waals surface area (Å²) in [4.78, 5) is 10.8. The first kappa shape index (κ1) is 9.89. The molecule has 2 rings (SSSR count). The molecule has 0 aromatic heterocycles. The molecule has 1 atom stereocenters. The number of benzene rings is 1. The van der Waals surface area contributed by atoms with Crippen LogP contribution in [0.25, 0.3) is 0 Å². The second-order valence-corrected chi connectivity index (χ2v) is 3.66. The van der Waals surface area contributed by atoms with Crippen LogP contribution in [0.5, 0.6) is 5.75 Å². The summed E-state index contributed by atoms with van der Waals surface area (Å²) in [6.07, 6.45) is 0.0366. The van der Waals surface area contributed by atoms with E-state index in [0.717, 1.165) is 6.07 Å². The first-order valence-corrected chi connectivity index (χ1v) is 4.33. The fraction of sp³-hybridized carbons (Fsp3) is 0.300. The summed E-state index contributed by atoms with van der Waals surface area (Å²) in [6, 6.07) is 2.30. The van der Waals surface area contributed by atoms with Gasteiger partial charge in [-0.05, 0) is 13.0 Å². The van der Waals surface area contributed by atoms with Crippen molar-refractivity contribution in [1.82, 2.24) is 0 Å². The monoisotopic (exact) mass is 214 g/mol. The first-order valence-electron chi connectivity index (χ1n) is 4.33. The van der Waals surface area contributed by atoms with Crippen LogP contribution in [0.3, 0.4) is 0 Å². The Balaban J connectivity index is 2.48. The molecule has 5 heteroatoms. The molecule has 1 N–H and O–H groups in total. The van der Waals surface area contributed by atoms with Gasteiger partial charge in [0.2, 0.25) is 11.4 Å². The third kappa shape index (κ3) is 1.35. The van der Waals surface area contributed by atoms with Crippen molar-refractivity contribution in [2.45, 2.75) is 18.9 Å². The van der Waals surface area contributed by atoms with Gasteiger partial charge in [0.1, 0.15) is 0 Å². The van der Waals surface area contributed by atoms with E-state index in [-0.39, 0.29) is 12.2 Å². The lowest BCUT2D eigenvalue weighted by molar-refractivity contribution is -0.152. The van der Waals surface area contributed by atoms with Gasteiger partial charge in [0.15, 0.2) is 11.6 Å². The smallest absolute Gasteiger partial charge is 0.348 e. The largest absolute Gasteiger partial charge is 0.478 e. The molecule has 0 bridgehead atoms. The second kappa shape index (κ2) is 2.92. The van der Waals surface area contributed by atoms with Crippen molar-refractivity contribution in [1.29, 1.82) is 0 Å². The van der Waals surface area contributed by atoms with E-state index in [9.17, 15) is 13.6 Å². The summed E-state index contributed by atoms with van der Waals surface area (Å²) >= 11 is 0. The molecule has 1 aliphatic heterocycles. The minimum Gasteiger partial charge on any atom is -0.478 e. The fourth-order valence-corrected chi connectivity index (χ4v) is 1.57. The topological polar surface area (TPSA) is 46.5 Å². The molecule has 1 aromatic carbocycles. The molecular weight excluding hydrogens is 206 g/mol. The molecule has 1 aromatic rings. The van der Waals surface area contributed by atoms with Gasteiger partial charge in [0.25, 0.3) is 0 Å². The number of halogens is 2. The van der Waals surface area contributed by atoms with Crippen molar-refractivity contribution in [3.8, 4) is 5.75 Å². The molecule has 0 radical (unpaired) electrons. The van der Waals surface area contributed by atoms with Crippen molar-refractivity contribution in [2.75, 3.05) is 0 Å². The van der Waals surface area contributed by atoms with Crippen LogP contribution < -0.4 is 4.74 Å².